The summed E-state index contributed by atoms with van der Waals surface area (Å²) in [4.78, 5) is 74.4. The molecule has 21 nitrogen and oxygen atoms in total. The van der Waals surface area contributed by atoms with E-state index in [0.29, 0.717) is 214 Å². The van der Waals surface area contributed by atoms with E-state index in [4.69, 9.17) is 19.5 Å². The Kier molecular flexibility index (Phi) is 25.7. The van der Waals surface area contributed by atoms with Crippen molar-refractivity contribution in [3.05, 3.63) is 325 Å². The van der Waals surface area contributed by atoms with Crippen LogP contribution in [0.3, 0.4) is 0 Å². The van der Waals surface area contributed by atoms with Gasteiger partial charge in [0.05, 0.1) is 89.4 Å². The van der Waals surface area contributed by atoms with Crippen LogP contribution in [0.5, 0.6) is 17.4 Å². The van der Waals surface area contributed by atoms with Crippen molar-refractivity contribution >= 4 is 60.6 Å². The van der Waals surface area contributed by atoms with Gasteiger partial charge in [-0.3, -0.25) is 29.0 Å². The van der Waals surface area contributed by atoms with Crippen molar-refractivity contribution in [1.82, 2.24) is 35.0 Å². The van der Waals surface area contributed by atoms with Gasteiger partial charge in [-0.25, -0.2) is 95.9 Å². The number of pyridine rings is 2. The van der Waals surface area contributed by atoms with Crippen LogP contribution in [0.15, 0.2) is 214 Å². The number of carbonyl (C=O) groups excluding carboxylic acids is 5. The predicted octanol–water partition coefficient (Wildman–Crippen LogP) is 24.6. The van der Waals surface area contributed by atoms with Gasteiger partial charge in [-0.05, 0) is 264 Å². The minimum atomic E-state index is -1.34. The molecule has 9 unspecified atom stereocenters. The van der Waals surface area contributed by atoms with Crippen LogP contribution in [0.2, 0.25) is 0 Å². The van der Waals surface area contributed by atoms with Crippen molar-refractivity contribution in [2.75, 3.05) is 20.8 Å². The van der Waals surface area contributed by atoms with Crippen LogP contribution >= 0.6 is 0 Å². The number of halogens is 15. The predicted molar refractivity (Wildman–Crippen MR) is 520 cm³/mol. The van der Waals surface area contributed by atoms with E-state index in [9.17, 15) is 72.3 Å². The molecule has 10 bridgehead atoms. The van der Waals surface area contributed by atoms with Crippen LogP contribution in [0.1, 0.15) is 256 Å². The number of benzene rings is 8. The van der Waals surface area contributed by atoms with Gasteiger partial charge < -0.3 is 14.2 Å². The summed E-state index contributed by atoms with van der Waals surface area (Å²) in [6.07, 6.45) is 15.3. The van der Waals surface area contributed by atoms with Gasteiger partial charge >= 0.3 is 0 Å². The third-order valence-corrected chi connectivity index (χ3v) is 33.4. The van der Waals surface area contributed by atoms with E-state index < -0.39 is 168 Å². The lowest BCUT2D eigenvalue weighted by Crippen LogP contribution is -2.69. The monoisotopic (exact) mass is 2070 g/mol. The van der Waals surface area contributed by atoms with Crippen LogP contribution < -0.4 is 14.2 Å². The van der Waals surface area contributed by atoms with Crippen molar-refractivity contribution in [3.8, 4) is 23.4 Å². The maximum Gasteiger partial charge on any atom is 0.249 e. The normalized spacial score (nSPS) is 29.6. The number of carbonyl (C=O) groups is 5. The Balaban J connectivity index is 0.000000109. The van der Waals surface area contributed by atoms with Gasteiger partial charge in [-0.15, -0.1) is 0 Å². The summed E-state index contributed by atoms with van der Waals surface area (Å²) in [6.45, 7) is 5.96. The smallest absolute Gasteiger partial charge is 0.249 e. The molecule has 15 aliphatic carbocycles. The number of nitrogens with zero attached hydrogens (tertiary/aromatic N) is 13. The second-order valence-corrected chi connectivity index (χ2v) is 44.1. The standard InChI is InChI=1S/C23H20F4N2O.C23H21F3N2O2.C23H21F3N2O.C23H20F2N4O2.C22H20F3N3O2/c1-13-4-15(8-16(24)5-13)20(27)22-10-23(11-22,12-22)21(30)29-19(2-3-28-29)14-6-17(25)9-18(26)7-14;1-30-18-4-2-14(3-5-18)20(26)22-11-23(12-22,13-22)21(29)28-19(6-7-27-28)15-8-16(24)10-17(25)9-15;1-14-3-2-4-15(7-14)20(26)22-11-23(12-22,13-22)21(29)28-19(5-6-27-28)16-8-17(24)10-18(25)9-16;1-14-4-15(8-26)9-27-20(14)31-13-22-10-23(11-22,12-22)21(30)29-19(2-3-28-29)16-5-17(24)7-18(25)6-16;1-30-16-2-4-26-17(9-16)19(25)21-10-22(11-21,12-21)20(29)28-18(3-5-27-28)13-6-14(23)8-15(24)7-13/h3-9,19-20H,2,10-12H2,1H3;2-5,7-10,19-20H,6,11-13H2,1H3;2-4,6-10,19-20H,5,11-13H2,1H3;3-7,9,19H,2,10-13H2,1H3;2,4-9,18-19H,3,10-12H2,1H3. The molecule has 150 heavy (non-hydrogen) atoms. The molecule has 776 valence electrons. The van der Waals surface area contributed by atoms with E-state index >= 15 is 17.6 Å². The molecular formula is C114H102F15N13O8. The molecule has 5 amide bonds. The highest BCUT2D eigenvalue weighted by atomic mass is 19.2. The Morgan fingerprint density at radius 3 is 0.980 bits per heavy atom. The van der Waals surface area contributed by atoms with Gasteiger partial charge in [0.2, 0.25) is 35.4 Å². The van der Waals surface area contributed by atoms with E-state index in [1.54, 1.807) is 99.7 Å². The highest BCUT2D eigenvalue weighted by Crippen LogP contribution is 2.83. The highest BCUT2D eigenvalue weighted by molar-refractivity contribution is 5.92. The lowest BCUT2D eigenvalue weighted by molar-refractivity contribution is -0.242. The van der Waals surface area contributed by atoms with Crippen LogP contribution in [-0.4, -0.2) is 116 Å². The van der Waals surface area contributed by atoms with Gasteiger partial charge in [0.25, 0.3) is 0 Å². The number of aryl methyl sites for hydroxylation is 3. The summed E-state index contributed by atoms with van der Waals surface area (Å²) in [6, 6.07) is 39.2. The van der Waals surface area contributed by atoms with Gasteiger partial charge in [-0.2, -0.15) is 30.8 Å². The number of methoxy groups -OCH3 is 2. The van der Waals surface area contributed by atoms with Crippen molar-refractivity contribution in [3.63, 3.8) is 0 Å². The second-order valence-electron chi connectivity index (χ2n) is 44.1. The Bertz CT molecular complexity index is 7130. The average molecular weight is 2070 g/mol. The second kappa shape index (κ2) is 38.0. The van der Waals surface area contributed by atoms with Crippen LogP contribution in [0.25, 0.3) is 0 Å². The van der Waals surface area contributed by atoms with E-state index in [2.05, 4.69) is 35.5 Å². The molecule has 9 atom stereocenters. The lowest BCUT2D eigenvalue weighted by Gasteiger charge is -2.70. The molecule has 10 aromatic rings. The van der Waals surface area contributed by atoms with E-state index in [0.717, 1.165) is 41.5 Å². The molecule has 15 fully saturated rings. The number of nitriles is 1. The molecule has 36 heteroatoms. The number of aromatic nitrogens is 2. The zero-order valence-corrected chi connectivity index (χ0v) is 82.1. The van der Waals surface area contributed by atoms with Crippen LogP contribution in [-0.2, 0) is 24.0 Å². The van der Waals surface area contributed by atoms with Gasteiger partial charge in [0.1, 0.15) is 106 Å². The Hall–Kier alpha value is -14.4. The maximum atomic E-state index is 15.2. The van der Waals surface area contributed by atoms with Gasteiger partial charge in [0.15, 0.2) is 0 Å². The first-order valence-corrected chi connectivity index (χ1v) is 49.7. The molecular weight excluding hydrogens is 1960 g/mol. The first kappa shape index (κ1) is 101. The SMILES string of the molecule is COc1ccc(C(F)C23CC(C(=O)N4N=CCC4c4cc(F)cc(F)c4)(C2)C3)cc1.COc1ccnc(C(F)C23CC(C(=O)N4N=CCC4c4cc(F)cc(F)c4)(C2)C3)c1.Cc1cc(C#N)cnc1OCC12CC(C(=O)N3N=CCC3c3cc(F)cc(F)c3)(C1)C2.Cc1cc(F)cc(C(F)C23CC(C(=O)N4N=CCC4c4cc(F)cc(F)c4)(C2)C3)c1.Cc1cccc(C(F)C23CC(C(=O)N4N=CCC4c4cc(F)cc(F)c4)(C2)C3)c1. The molecule has 15 saturated carbocycles. The van der Waals surface area contributed by atoms with Gasteiger partial charge in [0, 0.05) is 145 Å². The fraction of sp³-hybridized carbons (Fsp3) is 0.395. The third kappa shape index (κ3) is 17.9. The van der Waals surface area contributed by atoms with Crippen molar-refractivity contribution < 1.29 is 104 Å². The molecule has 0 radical (unpaired) electrons. The highest BCUT2D eigenvalue weighted by Gasteiger charge is 2.80. The third-order valence-electron chi connectivity index (χ3n) is 33.4. The fourth-order valence-corrected chi connectivity index (χ4v) is 26.9. The number of hydrazone groups is 5. The minimum Gasteiger partial charge on any atom is -0.497 e. The summed E-state index contributed by atoms with van der Waals surface area (Å²) >= 11 is 0. The number of alkyl halides is 4. The summed E-state index contributed by atoms with van der Waals surface area (Å²) in [5.74, 6) is -6.52. The zero-order chi connectivity index (χ0) is 106. The lowest BCUT2D eigenvalue weighted by atomic mass is 9.33. The molecule has 5 aliphatic heterocycles. The summed E-state index contributed by atoms with van der Waals surface area (Å²) < 4.78 is 227. The molecule has 0 spiro atoms. The molecule has 0 N–H and O–H groups in total. The molecule has 20 aliphatic rings. The minimum absolute atomic E-state index is 0.0540. The summed E-state index contributed by atoms with van der Waals surface area (Å²) in [5.41, 5.74) is 1.36. The van der Waals surface area contributed by atoms with Crippen molar-refractivity contribution in [2.45, 2.75) is 204 Å². The number of amides is 5. The maximum absolute atomic E-state index is 15.2. The Morgan fingerprint density at radius 1 is 0.347 bits per heavy atom. The zero-order valence-electron chi connectivity index (χ0n) is 82.1. The first-order valence-electron chi connectivity index (χ1n) is 49.7. The fourth-order valence-electron chi connectivity index (χ4n) is 26.9. The van der Waals surface area contributed by atoms with Crippen LogP contribution in [0.4, 0.5) is 65.9 Å². The quantitative estimate of drug-likeness (QED) is 0.0545. The van der Waals surface area contributed by atoms with Gasteiger partial charge in [-0.1, -0.05) is 48.0 Å². The summed E-state index contributed by atoms with van der Waals surface area (Å²) in [5, 5.41) is 36.5. The Morgan fingerprint density at radius 2 is 0.660 bits per heavy atom. The number of rotatable bonds is 23. The molecule has 8 aromatic carbocycles. The molecule has 30 rings (SSSR count). The molecule has 0 saturated heterocycles. The summed E-state index contributed by atoms with van der Waals surface area (Å²) in [7, 11) is 3.07. The topological polar surface area (TPSA) is 241 Å². The number of ether oxygens (including phenoxy) is 3. The van der Waals surface area contributed by atoms with E-state index in [1.807, 2.05) is 38.1 Å². The molecule has 2 aromatic heterocycles. The molecule has 7 heterocycles. The Labute approximate surface area is 853 Å². The largest absolute Gasteiger partial charge is 0.497 e. The first-order chi connectivity index (χ1) is 71.6. The number of hydrogen-bond donors (Lipinski definition) is 0. The van der Waals surface area contributed by atoms with E-state index in [1.165, 1.54) is 117 Å². The van der Waals surface area contributed by atoms with E-state index in [-0.39, 0.29) is 35.0 Å². The van der Waals surface area contributed by atoms with Crippen molar-refractivity contribution in [1.29, 1.82) is 5.26 Å². The van der Waals surface area contributed by atoms with Crippen molar-refractivity contribution in [2.24, 2.45) is 79.7 Å². The van der Waals surface area contributed by atoms with Crippen LogP contribution in [0, 0.1) is 150 Å². The number of hydrogen-bond acceptors (Lipinski definition) is 16. The average Bonchev–Trinajstić information content (AvgIpc) is 0.757.